The van der Waals surface area contributed by atoms with Crippen molar-refractivity contribution in [1.29, 1.82) is 0 Å². The molecule has 0 aromatic heterocycles. The van der Waals surface area contributed by atoms with Crippen LogP contribution in [0.15, 0.2) is 36.4 Å². The van der Waals surface area contributed by atoms with Gasteiger partial charge in [0.15, 0.2) is 24.1 Å². The SMILES string of the molecule is [B]CC(OCC)Oc1c(OC)ccc(C=O)c1-c1ccc(O[Si](C(C)C)(C(C)C)C(C)C)cc1. The Hall–Kier alpha value is -2.25. The summed E-state index contributed by atoms with van der Waals surface area (Å²) in [4.78, 5) is 11.9. The molecule has 0 aliphatic heterocycles. The van der Waals surface area contributed by atoms with Crippen molar-refractivity contribution in [1.82, 2.24) is 0 Å². The summed E-state index contributed by atoms with van der Waals surface area (Å²) < 4.78 is 24.0. The standard InChI is InChI=1S/C27H39BO5Si/c1-9-31-25(16-28)32-27-24(30-8)15-12-22(17-29)26(27)21-10-13-23(14-11-21)33-34(18(2)3,19(4)5)20(6)7/h10-15,17-20,25H,9,16H2,1-8H3. The molecule has 1 unspecified atom stereocenters. The first kappa shape index (κ1) is 28.0. The quantitative estimate of drug-likeness (QED) is 0.174. The summed E-state index contributed by atoms with van der Waals surface area (Å²) in [7, 11) is 5.33. The van der Waals surface area contributed by atoms with Crippen LogP contribution in [0.5, 0.6) is 17.2 Å². The lowest BCUT2D eigenvalue weighted by atomic mass is 9.98. The van der Waals surface area contributed by atoms with E-state index in [0.29, 0.717) is 45.9 Å². The van der Waals surface area contributed by atoms with Gasteiger partial charge in [0.2, 0.25) is 0 Å². The zero-order valence-corrected chi connectivity index (χ0v) is 22.9. The zero-order chi connectivity index (χ0) is 25.5. The topological polar surface area (TPSA) is 54.0 Å². The van der Waals surface area contributed by atoms with Crippen LogP contribution in [0.4, 0.5) is 0 Å². The minimum atomic E-state index is -2.08. The molecule has 0 amide bonds. The van der Waals surface area contributed by atoms with Crippen LogP contribution in [-0.4, -0.2) is 42.5 Å². The van der Waals surface area contributed by atoms with Gasteiger partial charge in [-0.3, -0.25) is 4.79 Å². The van der Waals surface area contributed by atoms with Crippen LogP contribution in [0.3, 0.4) is 0 Å². The van der Waals surface area contributed by atoms with Gasteiger partial charge in [0, 0.05) is 17.7 Å². The van der Waals surface area contributed by atoms with Crippen molar-refractivity contribution < 1.29 is 23.4 Å². The van der Waals surface area contributed by atoms with Crippen LogP contribution in [0.25, 0.3) is 11.1 Å². The molecule has 2 aromatic carbocycles. The van der Waals surface area contributed by atoms with Crippen molar-refractivity contribution >= 4 is 22.4 Å². The predicted molar refractivity (Wildman–Crippen MR) is 142 cm³/mol. The number of benzene rings is 2. The molecule has 2 radical (unpaired) electrons. The Morgan fingerprint density at radius 1 is 0.941 bits per heavy atom. The summed E-state index contributed by atoms with van der Waals surface area (Å²) in [5, 5.41) is 0. The Labute approximate surface area is 207 Å². The molecule has 0 N–H and O–H groups in total. The fourth-order valence-corrected chi connectivity index (χ4v) is 10.2. The smallest absolute Gasteiger partial charge is 0.258 e. The summed E-state index contributed by atoms with van der Waals surface area (Å²) in [6.45, 7) is 15.9. The van der Waals surface area contributed by atoms with E-state index in [4.69, 9.17) is 26.5 Å². The molecule has 2 rings (SSSR count). The summed E-state index contributed by atoms with van der Waals surface area (Å²) in [5.74, 6) is 1.78. The van der Waals surface area contributed by atoms with E-state index in [0.717, 1.165) is 17.6 Å². The van der Waals surface area contributed by atoms with E-state index in [2.05, 4.69) is 41.5 Å². The minimum Gasteiger partial charge on any atom is -0.543 e. The fourth-order valence-electron chi connectivity index (χ4n) is 4.97. The van der Waals surface area contributed by atoms with Crippen molar-refractivity contribution in [2.24, 2.45) is 0 Å². The number of rotatable bonds is 13. The molecule has 5 nitrogen and oxygen atoms in total. The van der Waals surface area contributed by atoms with E-state index < -0.39 is 14.6 Å². The average molecular weight is 483 g/mol. The number of carbonyl (C=O) groups excluding carboxylic acids is 1. The van der Waals surface area contributed by atoms with E-state index in [9.17, 15) is 4.79 Å². The van der Waals surface area contributed by atoms with E-state index in [-0.39, 0.29) is 6.32 Å². The first-order chi connectivity index (χ1) is 16.2. The van der Waals surface area contributed by atoms with Gasteiger partial charge >= 0.3 is 0 Å². The lowest BCUT2D eigenvalue weighted by Gasteiger charge is -2.42. The Morgan fingerprint density at radius 2 is 1.53 bits per heavy atom. The van der Waals surface area contributed by atoms with Crippen LogP contribution in [0.1, 0.15) is 58.8 Å². The van der Waals surface area contributed by atoms with E-state index in [1.54, 1.807) is 19.2 Å². The van der Waals surface area contributed by atoms with Gasteiger partial charge in [0.1, 0.15) is 5.75 Å². The van der Waals surface area contributed by atoms with Crippen molar-refractivity contribution in [2.75, 3.05) is 13.7 Å². The maximum absolute atomic E-state index is 11.9. The molecular weight excluding hydrogens is 443 g/mol. The number of hydrogen-bond acceptors (Lipinski definition) is 5. The number of hydrogen-bond donors (Lipinski definition) is 0. The molecule has 0 spiro atoms. The number of methoxy groups -OCH3 is 1. The lowest BCUT2D eigenvalue weighted by molar-refractivity contribution is -0.0614. The highest BCUT2D eigenvalue weighted by Crippen LogP contribution is 2.44. The summed E-state index contributed by atoms with van der Waals surface area (Å²) >= 11 is 0. The largest absolute Gasteiger partial charge is 0.543 e. The van der Waals surface area contributed by atoms with Crippen molar-refractivity contribution in [3.8, 4) is 28.4 Å². The third-order valence-electron chi connectivity index (χ3n) is 6.44. The van der Waals surface area contributed by atoms with Crippen molar-refractivity contribution in [2.45, 2.75) is 77.7 Å². The van der Waals surface area contributed by atoms with E-state index >= 15 is 0 Å². The Morgan fingerprint density at radius 3 is 1.97 bits per heavy atom. The molecule has 0 bridgehead atoms. The number of ether oxygens (including phenoxy) is 3. The van der Waals surface area contributed by atoms with Gasteiger partial charge in [-0.1, -0.05) is 53.7 Å². The molecule has 0 saturated carbocycles. The molecule has 7 heteroatoms. The fraction of sp³-hybridized carbons (Fsp3) is 0.519. The second-order valence-electron chi connectivity index (χ2n) is 9.36. The first-order valence-electron chi connectivity index (χ1n) is 12.1. The first-order valence-corrected chi connectivity index (χ1v) is 14.2. The second-order valence-corrected chi connectivity index (χ2v) is 14.7. The normalized spacial score (nSPS) is 12.8. The Kier molecular flexibility index (Phi) is 10.3. The van der Waals surface area contributed by atoms with Crippen LogP contribution in [0, 0.1) is 0 Å². The maximum atomic E-state index is 11.9. The molecule has 0 fully saturated rings. The molecule has 0 aliphatic rings. The third-order valence-corrected chi connectivity index (χ3v) is 12.4. The number of aldehydes is 1. The lowest BCUT2D eigenvalue weighted by Crippen LogP contribution is -2.50. The van der Waals surface area contributed by atoms with Crippen molar-refractivity contribution in [3.63, 3.8) is 0 Å². The molecule has 0 saturated heterocycles. The van der Waals surface area contributed by atoms with Gasteiger partial charge in [-0.05, 0) is 59.7 Å². The molecule has 1 atom stereocenters. The highest BCUT2D eigenvalue weighted by Gasteiger charge is 2.47. The molecular formula is C27H39BO5Si. The summed E-state index contributed by atoms with van der Waals surface area (Å²) in [6, 6.07) is 11.3. The van der Waals surface area contributed by atoms with Crippen LogP contribution >= 0.6 is 0 Å². The van der Waals surface area contributed by atoms with Crippen LogP contribution in [-0.2, 0) is 4.74 Å². The van der Waals surface area contributed by atoms with Gasteiger partial charge < -0.3 is 18.6 Å². The number of carbonyl (C=O) groups is 1. The Balaban J connectivity index is 2.55. The summed E-state index contributed by atoms with van der Waals surface area (Å²) in [6.07, 6.45) is 0.330. The van der Waals surface area contributed by atoms with Gasteiger partial charge in [0.05, 0.1) is 15.0 Å². The third kappa shape index (κ3) is 5.87. The molecule has 0 heterocycles. The second kappa shape index (κ2) is 12.5. The van der Waals surface area contributed by atoms with Gasteiger partial charge in [-0.25, -0.2) is 0 Å². The highest BCUT2D eigenvalue weighted by atomic mass is 28.4. The van der Waals surface area contributed by atoms with Crippen molar-refractivity contribution in [3.05, 3.63) is 42.0 Å². The van der Waals surface area contributed by atoms with E-state index in [1.165, 1.54) is 0 Å². The minimum absolute atomic E-state index is 0.168. The molecule has 184 valence electrons. The van der Waals surface area contributed by atoms with Crippen LogP contribution in [0.2, 0.25) is 22.9 Å². The zero-order valence-electron chi connectivity index (χ0n) is 21.9. The van der Waals surface area contributed by atoms with E-state index in [1.807, 2.05) is 31.2 Å². The average Bonchev–Trinajstić information content (AvgIpc) is 2.81. The van der Waals surface area contributed by atoms with Gasteiger partial charge in [-0.2, -0.15) is 0 Å². The monoisotopic (exact) mass is 482 g/mol. The molecule has 2 aromatic rings. The molecule has 34 heavy (non-hydrogen) atoms. The van der Waals surface area contributed by atoms with Crippen LogP contribution < -0.4 is 13.9 Å². The van der Waals surface area contributed by atoms with Gasteiger partial charge in [-0.15, -0.1) is 0 Å². The highest BCUT2D eigenvalue weighted by molar-refractivity contribution is 6.78. The Bertz CT molecular complexity index is 906. The summed E-state index contributed by atoms with van der Waals surface area (Å²) in [5.41, 5.74) is 3.37. The maximum Gasteiger partial charge on any atom is 0.258 e. The predicted octanol–water partition coefficient (Wildman–Crippen LogP) is 7.06. The van der Waals surface area contributed by atoms with Gasteiger partial charge in [0.25, 0.3) is 8.32 Å². The molecule has 0 aliphatic carbocycles.